The van der Waals surface area contributed by atoms with Crippen LogP contribution in [0.15, 0.2) is 30.5 Å². The highest BCUT2D eigenvalue weighted by molar-refractivity contribution is 5.75. The summed E-state index contributed by atoms with van der Waals surface area (Å²) in [4.78, 5) is 11.0. The van der Waals surface area contributed by atoms with Gasteiger partial charge in [0.15, 0.2) is 0 Å². The number of aliphatic hydroxyl groups excluding tert-OH is 1. The monoisotopic (exact) mass is 215 g/mol. The van der Waals surface area contributed by atoms with E-state index < -0.39 is 0 Å². The smallest absolute Gasteiger partial charge is 0.147 e. The van der Waals surface area contributed by atoms with Crippen LogP contribution in [0, 0.1) is 0 Å². The molecule has 1 aliphatic rings. The van der Waals surface area contributed by atoms with E-state index in [4.69, 9.17) is 0 Å². The fourth-order valence-electron chi connectivity index (χ4n) is 2.05. The van der Waals surface area contributed by atoms with E-state index in [1.165, 1.54) is 0 Å². The first-order valence-corrected chi connectivity index (χ1v) is 5.48. The van der Waals surface area contributed by atoms with Gasteiger partial charge in [-0.05, 0) is 18.6 Å². The Bertz CT molecular complexity index is 514. The Morgan fingerprint density at radius 3 is 2.81 bits per heavy atom. The molecule has 0 aliphatic carbocycles. The van der Waals surface area contributed by atoms with Crippen LogP contribution < -0.4 is 4.90 Å². The lowest BCUT2D eigenvalue weighted by atomic mass is 10.3. The number of hydrogen-bond donors (Lipinski definition) is 1. The maximum absolute atomic E-state index is 9.48. The highest BCUT2D eigenvalue weighted by Gasteiger charge is 2.21. The van der Waals surface area contributed by atoms with Crippen molar-refractivity contribution in [3.63, 3.8) is 0 Å². The Morgan fingerprint density at radius 2 is 2.06 bits per heavy atom. The molecule has 1 fully saturated rings. The minimum atomic E-state index is -0.228. The second kappa shape index (κ2) is 3.72. The molecule has 1 aromatic carbocycles. The van der Waals surface area contributed by atoms with Crippen molar-refractivity contribution in [2.75, 3.05) is 18.0 Å². The van der Waals surface area contributed by atoms with Crippen molar-refractivity contribution in [3.05, 3.63) is 30.5 Å². The zero-order valence-electron chi connectivity index (χ0n) is 8.87. The van der Waals surface area contributed by atoms with E-state index in [1.807, 2.05) is 24.3 Å². The largest absolute Gasteiger partial charge is 0.391 e. The maximum atomic E-state index is 9.48. The van der Waals surface area contributed by atoms with Crippen molar-refractivity contribution < 1.29 is 5.11 Å². The molecular formula is C12H13N3O. The minimum absolute atomic E-state index is 0.228. The summed E-state index contributed by atoms with van der Waals surface area (Å²) >= 11 is 0. The van der Waals surface area contributed by atoms with Crippen molar-refractivity contribution in [1.29, 1.82) is 0 Å². The van der Waals surface area contributed by atoms with Crippen LogP contribution in [0.4, 0.5) is 5.82 Å². The minimum Gasteiger partial charge on any atom is -0.391 e. The molecule has 82 valence electrons. The molecule has 16 heavy (non-hydrogen) atoms. The van der Waals surface area contributed by atoms with Gasteiger partial charge in [-0.3, -0.25) is 4.98 Å². The highest BCUT2D eigenvalue weighted by atomic mass is 16.3. The van der Waals surface area contributed by atoms with Gasteiger partial charge in [-0.15, -0.1) is 0 Å². The molecule has 1 N–H and O–H groups in total. The number of rotatable bonds is 1. The lowest BCUT2D eigenvalue weighted by Gasteiger charge is -2.16. The summed E-state index contributed by atoms with van der Waals surface area (Å²) in [5, 5.41) is 9.48. The van der Waals surface area contributed by atoms with Gasteiger partial charge in [-0.25, -0.2) is 4.98 Å². The van der Waals surface area contributed by atoms with Crippen LogP contribution in [0.25, 0.3) is 11.0 Å². The predicted octanol–water partition coefficient (Wildman–Crippen LogP) is 1.20. The lowest BCUT2D eigenvalue weighted by Crippen LogP contribution is -2.22. The molecule has 0 radical (unpaired) electrons. The van der Waals surface area contributed by atoms with Crippen molar-refractivity contribution in [2.24, 2.45) is 0 Å². The summed E-state index contributed by atoms with van der Waals surface area (Å²) in [5.41, 5.74) is 1.81. The predicted molar refractivity (Wildman–Crippen MR) is 62.4 cm³/mol. The third-order valence-electron chi connectivity index (χ3n) is 2.92. The van der Waals surface area contributed by atoms with Gasteiger partial charge in [-0.2, -0.15) is 0 Å². The average molecular weight is 215 g/mol. The van der Waals surface area contributed by atoms with Gasteiger partial charge in [0.2, 0.25) is 0 Å². The van der Waals surface area contributed by atoms with E-state index in [2.05, 4.69) is 14.9 Å². The maximum Gasteiger partial charge on any atom is 0.147 e. The van der Waals surface area contributed by atoms with Gasteiger partial charge in [-0.1, -0.05) is 12.1 Å². The molecule has 3 rings (SSSR count). The summed E-state index contributed by atoms with van der Waals surface area (Å²) in [5.74, 6) is 0.857. The lowest BCUT2D eigenvalue weighted by molar-refractivity contribution is 0.198. The Hall–Kier alpha value is -1.68. The van der Waals surface area contributed by atoms with Gasteiger partial charge in [0.05, 0.1) is 23.3 Å². The van der Waals surface area contributed by atoms with E-state index in [9.17, 15) is 5.11 Å². The number of aromatic nitrogens is 2. The Balaban J connectivity index is 1.99. The van der Waals surface area contributed by atoms with Crippen LogP contribution in [-0.4, -0.2) is 34.3 Å². The zero-order valence-corrected chi connectivity index (χ0v) is 8.87. The molecule has 1 saturated heterocycles. The summed E-state index contributed by atoms with van der Waals surface area (Å²) in [6.07, 6.45) is 2.36. The molecule has 0 amide bonds. The standard InChI is InChI=1S/C12H13N3O/c16-9-5-6-15(8-9)12-7-13-10-3-1-2-4-11(10)14-12/h1-4,7,9,16H,5-6,8H2. The van der Waals surface area contributed by atoms with Crippen molar-refractivity contribution in [3.8, 4) is 0 Å². The van der Waals surface area contributed by atoms with Gasteiger partial charge < -0.3 is 10.0 Å². The van der Waals surface area contributed by atoms with Gasteiger partial charge in [0.1, 0.15) is 5.82 Å². The summed E-state index contributed by atoms with van der Waals surface area (Å²) < 4.78 is 0. The fourth-order valence-corrected chi connectivity index (χ4v) is 2.05. The molecule has 0 bridgehead atoms. The number of β-amino-alcohol motifs (C(OH)–C–C–N with tert-alkyl or cyclic N) is 1. The van der Waals surface area contributed by atoms with Crippen LogP contribution in [0.3, 0.4) is 0 Å². The average Bonchev–Trinajstić information content (AvgIpc) is 2.75. The first-order chi connectivity index (χ1) is 7.83. The van der Waals surface area contributed by atoms with E-state index in [-0.39, 0.29) is 6.10 Å². The SMILES string of the molecule is OC1CCN(c2cnc3ccccc3n2)C1. The highest BCUT2D eigenvalue weighted by Crippen LogP contribution is 2.19. The van der Waals surface area contributed by atoms with Crippen molar-refractivity contribution in [2.45, 2.75) is 12.5 Å². The van der Waals surface area contributed by atoms with Crippen LogP contribution >= 0.6 is 0 Å². The van der Waals surface area contributed by atoms with E-state index in [1.54, 1.807) is 6.20 Å². The fraction of sp³-hybridized carbons (Fsp3) is 0.333. The molecule has 1 atom stereocenters. The van der Waals surface area contributed by atoms with Gasteiger partial charge in [0.25, 0.3) is 0 Å². The zero-order chi connectivity index (χ0) is 11.0. The molecule has 2 aromatic rings. The number of nitrogens with zero attached hydrogens (tertiary/aromatic N) is 3. The normalized spacial score (nSPS) is 20.6. The topological polar surface area (TPSA) is 49.2 Å². The number of aliphatic hydroxyl groups is 1. The molecule has 2 heterocycles. The van der Waals surface area contributed by atoms with E-state index in [0.29, 0.717) is 6.54 Å². The van der Waals surface area contributed by atoms with Crippen LogP contribution in [-0.2, 0) is 0 Å². The van der Waals surface area contributed by atoms with Crippen molar-refractivity contribution >= 4 is 16.9 Å². The first-order valence-electron chi connectivity index (χ1n) is 5.48. The number of benzene rings is 1. The Morgan fingerprint density at radius 1 is 1.25 bits per heavy atom. The molecule has 0 spiro atoms. The molecule has 4 nitrogen and oxygen atoms in total. The summed E-state index contributed by atoms with van der Waals surface area (Å²) in [6, 6.07) is 7.82. The second-order valence-electron chi connectivity index (χ2n) is 4.11. The van der Waals surface area contributed by atoms with Crippen molar-refractivity contribution in [1.82, 2.24) is 9.97 Å². The Labute approximate surface area is 93.6 Å². The number of para-hydroxylation sites is 2. The second-order valence-corrected chi connectivity index (χ2v) is 4.11. The molecule has 1 unspecified atom stereocenters. The quantitative estimate of drug-likeness (QED) is 0.776. The molecule has 4 heteroatoms. The first kappa shape index (κ1) is 9.54. The third kappa shape index (κ3) is 1.61. The number of fused-ring (bicyclic) bond motifs is 1. The van der Waals surface area contributed by atoms with E-state index >= 15 is 0 Å². The van der Waals surface area contributed by atoms with Crippen LogP contribution in [0.1, 0.15) is 6.42 Å². The van der Waals surface area contributed by atoms with Gasteiger partial charge >= 0.3 is 0 Å². The summed E-state index contributed by atoms with van der Waals surface area (Å²) in [6.45, 7) is 1.52. The molecule has 0 saturated carbocycles. The number of hydrogen-bond acceptors (Lipinski definition) is 4. The molecule has 1 aliphatic heterocycles. The van der Waals surface area contributed by atoms with Gasteiger partial charge in [0, 0.05) is 13.1 Å². The number of anilines is 1. The Kier molecular flexibility index (Phi) is 2.22. The molecular weight excluding hydrogens is 202 g/mol. The van der Waals surface area contributed by atoms with Crippen LogP contribution in [0.5, 0.6) is 0 Å². The van der Waals surface area contributed by atoms with E-state index in [0.717, 1.165) is 29.8 Å². The molecule has 1 aromatic heterocycles. The van der Waals surface area contributed by atoms with Crippen LogP contribution in [0.2, 0.25) is 0 Å². The summed E-state index contributed by atoms with van der Waals surface area (Å²) in [7, 11) is 0. The third-order valence-corrected chi connectivity index (χ3v) is 2.92.